The molecule has 2 aromatic heterocycles. The van der Waals surface area contributed by atoms with Crippen LogP contribution in [0.2, 0.25) is 0 Å². The van der Waals surface area contributed by atoms with Gasteiger partial charge in [-0.15, -0.1) is 11.3 Å². The molecule has 2 aromatic rings. The van der Waals surface area contributed by atoms with E-state index in [2.05, 4.69) is 10.4 Å². The number of hydrogen-bond donors (Lipinski definition) is 1. The minimum Gasteiger partial charge on any atom is -0.451 e. The lowest BCUT2D eigenvalue weighted by Gasteiger charge is -2.06. The van der Waals surface area contributed by atoms with E-state index in [0.29, 0.717) is 10.6 Å². The molecular weight excluding hydrogens is 314 g/mol. The maximum absolute atomic E-state index is 12.0. The van der Waals surface area contributed by atoms with Gasteiger partial charge >= 0.3 is 5.97 Å². The summed E-state index contributed by atoms with van der Waals surface area (Å²) in [7, 11) is 1.81. The van der Waals surface area contributed by atoms with Crippen molar-refractivity contribution in [3.63, 3.8) is 0 Å². The minimum atomic E-state index is -0.465. The minimum absolute atomic E-state index is 0.314. The molecule has 0 unspecified atom stereocenters. The largest absolute Gasteiger partial charge is 0.451 e. The van der Waals surface area contributed by atoms with Gasteiger partial charge in [0, 0.05) is 11.9 Å². The lowest BCUT2D eigenvalue weighted by atomic mass is 10.2. The van der Waals surface area contributed by atoms with Crippen LogP contribution >= 0.6 is 11.3 Å². The number of anilines is 1. The summed E-state index contributed by atoms with van der Waals surface area (Å²) in [5, 5.41) is 6.96. The highest BCUT2D eigenvalue weighted by molar-refractivity contribution is 7.14. The molecule has 0 spiro atoms. The molecule has 6 nitrogen and oxygen atoms in total. The number of carbonyl (C=O) groups excluding carboxylic acids is 2. The molecule has 0 aliphatic rings. The van der Waals surface area contributed by atoms with Crippen molar-refractivity contribution < 1.29 is 14.3 Å². The molecule has 0 radical (unpaired) electrons. The molecule has 0 fully saturated rings. The quantitative estimate of drug-likeness (QED) is 0.853. The molecule has 0 aliphatic carbocycles. The van der Waals surface area contributed by atoms with Gasteiger partial charge in [-0.05, 0) is 38.8 Å². The van der Waals surface area contributed by atoms with Crippen LogP contribution in [0.15, 0.2) is 6.07 Å². The van der Waals surface area contributed by atoms with E-state index >= 15 is 0 Å². The predicted octanol–water partition coefficient (Wildman–Crippen LogP) is 2.76. The van der Waals surface area contributed by atoms with E-state index in [9.17, 15) is 9.59 Å². The number of nitrogens with zero attached hydrogens (tertiary/aromatic N) is 2. The van der Waals surface area contributed by atoms with Crippen LogP contribution in [0.25, 0.3) is 0 Å². The third kappa shape index (κ3) is 3.79. The van der Waals surface area contributed by atoms with E-state index in [1.165, 1.54) is 11.3 Å². The van der Waals surface area contributed by atoms with Crippen molar-refractivity contribution in [3.8, 4) is 0 Å². The molecule has 0 bridgehead atoms. The highest BCUT2D eigenvalue weighted by Gasteiger charge is 2.16. The van der Waals surface area contributed by atoms with E-state index in [1.54, 1.807) is 10.7 Å². The van der Waals surface area contributed by atoms with Gasteiger partial charge < -0.3 is 10.1 Å². The zero-order valence-electron chi connectivity index (χ0n) is 14.0. The first-order chi connectivity index (χ1) is 10.8. The van der Waals surface area contributed by atoms with Crippen LogP contribution in [0.1, 0.15) is 38.4 Å². The first-order valence-corrected chi connectivity index (χ1v) is 8.21. The first-order valence-electron chi connectivity index (χ1n) is 7.40. The lowest BCUT2D eigenvalue weighted by Crippen LogP contribution is -2.21. The second kappa shape index (κ2) is 6.95. The number of carbonyl (C=O) groups is 2. The van der Waals surface area contributed by atoms with Crippen LogP contribution < -0.4 is 5.32 Å². The third-order valence-electron chi connectivity index (χ3n) is 3.65. The second-order valence-corrected chi connectivity index (χ2v) is 6.50. The monoisotopic (exact) mass is 335 g/mol. The fraction of sp³-hybridized carbons (Fsp3) is 0.438. The van der Waals surface area contributed by atoms with Crippen LogP contribution in [0.3, 0.4) is 0 Å². The molecule has 0 atom stereocenters. The fourth-order valence-corrected chi connectivity index (χ4v) is 3.31. The van der Waals surface area contributed by atoms with Gasteiger partial charge in [-0.1, -0.05) is 6.92 Å². The van der Waals surface area contributed by atoms with Gasteiger partial charge in [0.15, 0.2) is 6.61 Å². The molecule has 1 amide bonds. The number of nitrogens with one attached hydrogen (secondary N) is 1. The molecule has 2 rings (SSSR count). The number of hydrogen-bond acceptors (Lipinski definition) is 5. The second-order valence-electron chi connectivity index (χ2n) is 5.36. The van der Waals surface area contributed by atoms with Gasteiger partial charge in [0.25, 0.3) is 5.91 Å². The average molecular weight is 335 g/mol. The van der Waals surface area contributed by atoms with Crippen LogP contribution in [0, 0.1) is 20.8 Å². The molecule has 7 heteroatoms. The van der Waals surface area contributed by atoms with Crippen LogP contribution in [-0.2, 0) is 23.0 Å². The summed E-state index contributed by atoms with van der Waals surface area (Å²) in [6.07, 6.45) is 0.879. The lowest BCUT2D eigenvalue weighted by molar-refractivity contribution is -0.119. The molecule has 23 heavy (non-hydrogen) atoms. The van der Waals surface area contributed by atoms with Crippen molar-refractivity contribution in [1.82, 2.24) is 9.78 Å². The SMILES string of the molecule is CCc1sc(C(=O)OCC(=O)Nc2c(C)nn(C)c2C)cc1C. The highest BCUT2D eigenvalue weighted by Crippen LogP contribution is 2.23. The molecule has 0 aliphatic heterocycles. The van der Waals surface area contributed by atoms with Crippen molar-refractivity contribution >= 4 is 28.9 Å². The van der Waals surface area contributed by atoms with Gasteiger partial charge in [0.2, 0.25) is 0 Å². The standard InChI is InChI=1S/C16H21N3O3S/c1-6-12-9(2)7-13(23-12)16(21)22-8-14(20)17-15-10(3)18-19(5)11(15)4/h7H,6,8H2,1-5H3,(H,17,20). The number of esters is 1. The molecule has 0 aromatic carbocycles. The summed E-state index contributed by atoms with van der Waals surface area (Å²) in [5.41, 5.74) is 3.32. The zero-order valence-corrected chi connectivity index (χ0v) is 14.8. The molecule has 0 saturated heterocycles. The molecule has 2 heterocycles. The summed E-state index contributed by atoms with van der Waals surface area (Å²) in [5.74, 6) is -0.839. The van der Waals surface area contributed by atoms with Crippen molar-refractivity contribution in [3.05, 3.63) is 32.8 Å². The zero-order chi connectivity index (χ0) is 17.1. The van der Waals surface area contributed by atoms with E-state index in [1.807, 2.05) is 34.7 Å². The first kappa shape index (κ1) is 17.2. The van der Waals surface area contributed by atoms with Crippen LogP contribution in [0.5, 0.6) is 0 Å². The Bertz CT molecular complexity index is 746. The summed E-state index contributed by atoms with van der Waals surface area (Å²) < 4.78 is 6.79. The molecule has 0 saturated carbocycles. The summed E-state index contributed by atoms with van der Waals surface area (Å²) in [6, 6.07) is 1.80. The van der Waals surface area contributed by atoms with Gasteiger partial charge in [-0.3, -0.25) is 9.48 Å². The smallest absolute Gasteiger partial charge is 0.348 e. The number of aryl methyl sites for hydroxylation is 4. The van der Waals surface area contributed by atoms with Crippen LogP contribution in [0.4, 0.5) is 5.69 Å². The number of aromatic nitrogens is 2. The number of ether oxygens (including phenoxy) is 1. The Morgan fingerprint density at radius 2 is 2.04 bits per heavy atom. The Kier molecular flexibility index (Phi) is 5.20. The molecule has 1 N–H and O–H groups in total. The van der Waals surface area contributed by atoms with Gasteiger partial charge in [-0.2, -0.15) is 5.10 Å². The maximum atomic E-state index is 12.0. The number of thiophene rings is 1. The Labute approximate surface area is 139 Å². The maximum Gasteiger partial charge on any atom is 0.348 e. The Balaban J connectivity index is 1.94. The van der Waals surface area contributed by atoms with Crippen LogP contribution in [-0.4, -0.2) is 28.3 Å². The van der Waals surface area contributed by atoms with E-state index in [0.717, 1.165) is 28.2 Å². The summed E-state index contributed by atoms with van der Waals surface area (Å²) in [4.78, 5) is 25.7. The normalized spacial score (nSPS) is 10.7. The average Bonchev–Trinajstić information content (AvgIpc) is 3.00. The van der Waals surface area contributed by atoms with E-state index in [-0.39, 0.29) is 12.5 Å². The molecule has 124 valence electrons. The summed E-state index contributed by atoms with van der Waals surface area (Å²) in [6.45, 7) is 7.37. The Morgan fingerprint density at radius 3 is 2.57 bits per heavy atom. The van der Waals surface area contributed by atoms with Gasteiger partial charge in [-0.25, -0.2) is 4.79 Å². The van der Waals surface area contributed by atoms with Crippen molar-refractivity contribution in [2.75, 3.05) is 11.9 Å². The van der Waals surface area contributed by atoms with Crippen molar-refractivity contribution in [2.45, 2.75) is 34.1 Å². The third-order valence-corrected chi connectivity index (χ3v) is 5.01. The van der Waals surface area contributed by atoms with Crippen molar-refractivity contribution in [1.29, 1.82) is 0 Å². The topological polar surface area (TPSA) is 73.2 Å². The van der Waals surface area contributed by atoms with Gasteiger partial charge in [0.1, 0.15) is 4.88 Å². The van der Waals surface area contributed by atoms with E-state index < -0.39 is 5.97 Å². The molecular formula is C16H21N3O3S. The van der Waals surface area contributed by atoms with Crippen molar-refractivity contribution in [2.24, 2.45) is 7.05 Å². The van der Waals surface area contributed by atoms with Gasteiger partial charge in [0.05, 0.1) is 17.1 Å². The Hall–Kier alpha value is -2.15. The highest BCUT2D eigenvalue weighted by atomic mass is 32.1. The fourth-order valence-electron chi connectivity index (χ4n) is 2.30. The van der Waals surface area contributed by atoms with E-state index in [4.69, 9.17) is 4.74 Å². The Morgan fingerprint density at radius 1 is 1.35 bits per heavy atom. The number of amides is 1. The summed E-state index contributed by atoms with van der Waals surface area (Å²) >= 11 is 1.41. The predicted molar refractivity (Wildman–Crippen MR) is 90.0 cm³/mol. The number of rotatable bonds is 5.